The van der Waals surface area contributed by atoms with Crippen molar-refractivity contribution in [2.45, 2.75) is 70.4 Å². The molecule has 3 aliphatic rings. The zero-order chi connectivity index (χ0) is 18.8. The second-order valence-corrected chi connectivity index (χ2v) is 8.16. The maximum Gasteiger partial charge on any atom is 0.267 e. The number of amides is 2. The molecule has 1 aliphatic carbocycles. The number of rotatable bonds is 4. The van der Waals surface area contributed by atoms with Gasteiger partial charge in [-0.25, -0.2) is 0 Å². The highest BCUT2D eigenvalue weighted by molar-refractivity contribution is 6.00. The first kappa shape index (κ1) is 18.3. The van der Waals surface area contributed by atoms with Gasteiger partial charge >= 0.3 is 0 Å². The Morgan fingerprint density at radius 1 is 1.11 bits per heavy atom. The summed E-state index contributed by atoms with van der Waals surface area (Å²) >= 11 is 0. The lowest BCUT2D eigenvalue weighted by molar-refractivity contribution is -0.133. The summed E-state index contributed by atoms with van der Waals surface area (Å²) in [5, 5.41) is 0. The quantitative estimate of drug-likeness (QED) is 0.811. The SMILES string of the molecule is C[C@H]1Oc2ccccc2N(CCC(=O)N2CCC[C@@H]2C2CCCCC2)C1=O. The third-order valence-corrected chi connectivity index (χ3v) is 6.44. The van der Waals surface area contributed by atoms with Crippen LogP contribution in [0.4, 0.5) is 5.69 Å². The fourth-order valence-corrected chi connectivity index (χ4v) is 5.05. The molecule has 4 rings (SSSR count). The van der Waals surface area contributed by atoms with Gasteiger partial charge in [-0.3, -0.25) is 9.59 Å². The van der Waals surface area contributed by atoms with Crippen LogP contribution in [0.5, 0.6) is 5.75 Å². The van der Waals surface area contributed by atoms with E-state index in [0.29, 0.717) is 24.9 Å². The minimum absolute atomic E-state index is 0.0632. The monoisotopic (exact) mass is 370 g/mol. The van der Waals surface area contributed by atoms with Crippen LogP contribution in [0.1, 0.15) is 58.3 Å². The molecule has 2 fully saturated rings. The third kappa shape index (κ3) is 3.69. The second kappa shape index (κ2) is 7.91. The van der Waals surface area contributed by atoms with Crippen molar-refractivity contribution in [3.8, 4) is 5.75 Å². The van der Waals surface area contributed by atoms with Crippen LogP contribution in [0.25, 0.3) is 0 Å². The number of benzene rings is 1. The number of ether oxygens (including phenoxy) is 1. The number of carbonyl (C=O) groups is 2. The molecular weight excluding hydrogens is 340 g/mol. The Morgan fingerprint density at radius 3 is 2.70 bits per heavy atom. The summed E-state index contributed by atoms with van der Waals surface area (Å²) in [5.74, 6) is 1.54. The molecule has 0 spiro atoms. The van der Waals surface area contributed by atoms with Gasteiger partial charge in [0.25, 0.3) is 5.91 Å². The lowest BCUT2D eigenvalue weighted by Crippen LogP contribution is -2.47. The van der Waals surface area contributed by atoms with Gasteiger partial charge < -0.3 is 14.5 Å². The van der Waals surface area contributed by atoms with Crippen molar-refractivity contribution in [3.05, 3.63) is 24.3 Å². The first-order valence-electron chi connectivity index (χ1n) is 10.5. The minimum Gasteiger partial charge on any atom is -0.479 e. The lowest BCUT2D eigenvalue weighted by atomic mass is 9.83. The molecule has 0 bridgehead atoms. The third-order valence-electron chi connectivity index (χ3n) is 6.44. The average Bonchev–Trinajstić information content (AvgIpc) is 3.19. The van der Waals surface area contributed by atoms with Crippen LogP contribution in [0.15, 0.2) is 24.3 Å². The number of para-hydroxylation sites is 2. The first-order valence-corrected chi connectivity index (χ1v) is 10.5. The van der Waals surface area contributed by atoms with Gasteiger partial charge in [0.1, 0.15) is 5.75 Å². The van der Waals surface area contributed by atoms with Gasteiger partial charge in [-0.15, -0.1) is 0 Å². The van der Waals surface area contributed by atoms with Crippen LogP contribution in [-0.2, 0) is 9.59 Å². The molecule has 2 heterocycles. The van der Waals surface area contributed by atoms with Gasteiger partial charge in [-0.05, 0) is 50.7 Å². The molecule has 1 saturated heterocycles. The predicted molar refractivity (Wildman–Crippen MR) is 105 cm³/mol. The largest absolute Gasteiger partial charge is 0.479 e. The van der Waals surface area contributed by atoms with Gasteiger partial charge in [-0.1, -0.05) is 31.4 Å². The molecule has 0 radical (unpaired) electrons. The van der Waals surface area contributed by atoms with Crippen molar-refractivity contribution >= 4 is 17.5 Å². The van der Waals surface area contributed by atoms with Crippen molar-refractivity contribution in [2.75, 3.05) is 18.0 Å². The smallest absolute Gasteiger partial charge is 0.267 e. The fourth-order valence-electron chi connectivity index (χ4n) is 5.05. The maximum atomic E-state index is 13.0. The molecule has 2 aliphatic heterocycles. The Morgan fingerprint density at radius 2 is 1.89 bits per heavy atom. The zero-order valence-electron chi connectivity index (χ0n) is 16.2. The molecule has 1 aromatic rings. The molecule has 0 aromatic heterocycles. The molecule has 2 atom stereocenters. The Kier molecular flexibility index (Phi) is 5.37. The lowest BCUT2D eigenvalue weighted by Gasteiger charge is -2.35. The van der Waals surface area contributed by atoms with E-state index in [1.165, 1.54) is 32.1 Å². The predicted octanol–water partition coefficient (Wildman–Crippen LogP) is 3.76. The Balaban J connectivity index is 1.42. The fraction of sp³-hybridized carbons (Fsp3) is 0.636. The summed E-state index contributed by atoms with van der Waals surface area (Å²) in [6.07, 6.45) is 8.62. The highest BCUT2D eigenvalue weighted by atomic mass is 16.5. The summed E-state index contributed by atoms with van der Waals surface area (Å²) in [7, 11) is 0. The van der Waals surface area contributed by atoms with E-state index in [1.807, 2.05) is 24.3 Å². The van der Waals surface area contributed by atoms with Gasteiger partial charge in [0.05, 0.1) is 5.69 Å². The number of hydrogen-bond acceptors (Lipinski definition) is 3. The summed E-state index contributed by atoms with van der Waals surface area (Å²) in [6, 6.07) is 8.00. The normalized spacial score (nSPS) is 26.0. The summed E-state index contributed by atoms with van der Waals surface area (Å²) in [6.45, 7) is 3.08. The van der Waals surface area contributed by atoms with Crippen LogP contribution < -0.4 is 9.64 Å². The van der Waals surface area contributed by atoms with Crippen LogP contribution in [0.2, 0.25) is 0 Å². The highest BCUT2D eigenvalue weighted by Gasteiger charge is 2.36. The number of carbonyl (C=O) groups excluding carboxylic acids is 2. The molecular formula is C22H30N2O3. The van der Waals surface area contributed by atoms with E-state index >= 15 is 0 Å². The van der Waals surface area contributed by atoms with Crippen molar-refractivity contribution in [3.63, 3.8) is 0 Å². The number of nitrogens with zero attached hydrogens (tertiary/aromatic N) is 2. The van der Waals surface area contributed by atoms with Crippen LogP contribution in [0, 0.1) is 5.92 Å². The number of hydrogen-bond donors (Lipinski definition) is 0. The van der Waals surface area contributed by atoms with Gasteiger partial charge in [0.2, 0.25) is 5.91 Å². The highest BCUT2D eigenvalue weighted by Crippen LogP contribution is 2.36. The average molecular weight is 370 g/mol. The van der Waals surface area contributed by atoms with E-state index in [-0.39, 0.29) is 11.8 Å². The van der Waals surface area contributed by atoms with E-state index in [9.17, 15) is 9.59 Å². The van der Waals surface area contributed by atoms with E-state index in [2.05, 4.69) is 4.90 Å². The maximum absolute atomic E-state index is 13.0. The van der Waals surface area contributed by atoms with E-state index < -0.39 is 6.10 Å². The molecule has 1 saturated carbocycles. The summed E-state index contributed by atoms with van der Waals surface area (Å²) < 4.78 is 5.69. The zero-order valence-corrected chi connectivity index (χ0v) is 16.2. The topological polar surface area (TPSA) is 49.9 Å². The van der Waals surface area contributed by atoms with E-state index in [4.69, 9.17) is 4.74 Å². The summed E-state index contributed by atoms with van der Waals surface area (Å²) in [5.41, 5.74) is 0.777. The molecule has 2 amide bonds. The summed E-state index contributed by atoms with van der Waals surface area (Å²) in [4.78, 5) is 29.5. The molecule has 0 unspecified atom stereocenters. The molecule has 27 heavy (non-hydrogen) atoms. The Labute approximate surface area is 161 Å². The van der Waals surface area contributed by atoms with Crippen LogP contribution >= 0.6 is 0 Å². The minimum atomic E-state index is -0.503. The van der Waals surface area contributed by atoms with Gasteiger partial charge in [0.15, 0.2) is 6.10 Å². The van der Waals surface area contributed by atoms with E-state index in [0.717, 1.165) is 30.8 Å². The van der Waals surface area contributed by atoms with Gasteiger partial charge in [0, 0.05) is 25.6 Å². The van der Waals surface area contributed by atoms with Crippen molar-refractivity contribution in [1.29, 1.82) is 0 Å². The molecule has 5 nitrogen and oxygen atoms in total. The van der Waals surface area contributed by atoms with Crippen LogP contribution in [-0.4, -0.2) is 41.9 Å². The van der Waals surface area contributed by atoms with Crippen molar-refractivity contribution < 1.29 is 14.3 Å². The number of fused-ring (bicyclic) bond motifs is 1. The standard InChI is InChI=1S/C22H30N2O3/c1-16-22(26)24(19-10-5-6-12-20(19)27-16)15-13-21(25)23-14-7-11-18(23)17-8-3-2-4-9-17/h5-6,10,12,16-18H,2-4,7-9,11,13-15H2,1H3/t16-,18-/m1/s1. The first-order chi connectivity index (χ1) is 13.1. The second-order valence-electron chi connectivity index (χ2n) is 8.16. The Hall–Kier alpha value is -2.04. The molecule has 1 aromatic carbocycles. The van der Waals surface area contributed by atoms with E-state index in [1.54, 1.807) is 11.8 Å². The molecule has 146 valence electrons. The molecule has 5 heteroatoms. The van der Waals surface area contributed by atoms with Gasteiger partial charge in [-0.2, -0.15) is 0 Å². The number of likely N-dealkylation sites (tertiary alicyclic amines) is 1. The Bertz CT molecular complexity index is 699. The van der Waals surface area contributed by atoms with Crippen LogP contribution in [0.3, 0.4) is 0 Å². The van der Waals surface area contributed by atoms with Crippen molar-refractivity contribution in [1.82, 2.24) is 4.90 Å². The molecule has 0 N–H and O–H groups in total. The van der Waals surface area contributed by atoms with Crippen molar-refractivity contribution in [2.24, 2.45) is 5.92 Å². The number of anilines is 1.